The van der Waals surface area contributed by atoms with Crippen LogP contribution < -0.4 is 5.32 Å². The van der Waals surface area contributed by atoms with Crippen LogP contribution in [0.2, 0.25) is 0 Å². The minimum absolute atomic E-state index is 0.259. The van der Waals surface area contributed by atoms with Gasteiger partial charge in [0.05, 0.1) is 5.56 Å². The molecule has 116 valence electrons. The molecular weight excluding hydrogens is 291 g/mol. The fourth-order valence-corrected chi connectivity index (χ4v) is 1.66. The van der Waals surface area contributed by atoms with Gasteiger partial charge in [0, 0.05) is 0 Å². The van der Waals surface area contributed by atoms with Gasteiger partial charge in [-0.1, -0.05) is 20.3 Å². The van der Waals surface area contributed by atoms with Gasteiger partial charge < -0.3 is 15.5 Å². The highest BCUT2D eigenvalue weighted by molar-refractivity contribution is 5.97. The normalized spacial score (nSPS) is 13.6. The zero-order valence-electron chi connectivity index (χ0n) is 11.3. The van der Waals surface area contributed by atoms with E-state index in [9.17, 15) is 22.8 Å². The van der Waals surface area contributed by atoms with Gasteiger partial charge in [-0.15, -0.1) is 0 Å². The summed E-state index contributed by atoms with van der Waals surface area (Å²) in [7, 11) is 0. The maximum atomic E-state index is 13.6. The molecule has 0 aliphatic carbocycles. The summed E-state index contributed by atoms with van der Waals surface area (Å²) in [5.74, 6) is -9.78. The highest BCUT2D eigenvalue weighted by atomic mass is 19.2. The van der Waals surface area contributed by atoms with E-state index in [0.29, 0.717) is 6.42 Å². The highest BCUT2D eigenvalue weighted by Gasteiger charge is 2.29. The average molecular weight is 305 g/mol. The zero-order chi connectivity index (χ0) is 16.3. The maximum absolute atomic E-state index is 13.6. The van der Waals surface area contributed by atoms with E-state index in [4.69, 9.17) is 10.2 Å². The summed E-state index contributed by atoms with van der Waals surface area (Å²) in [5, 5.41) is 20.0. The molecule has 21 heavy (non-hydrogen) atoms. The SMILES string of the molecule is CC[C@H](C)[C@H](NC(=O)c1cc(F)c(F)c(O)c1F)C(=O)O. The summed E-state index contributed by atoms with van der Waals surface area (Å²) in [6, 6.07) is -1.06. The van der Waals surface area contributed by atoms with Crippen LogP contribution in [0.15, 0.2) is 6.07 Å². The molecule has 0 spiro atoms. The quantitative estimate of drug-likeness (QED) is 0.727. The van der Waals surface area contributed by atoms with Crippen molar-refractivity contribution in [2.45, 2.75) is 26.3 Å². The van der Waals surface area contributed by atoms with Crippen LogP contribution in [-0.4, -0.2) is 28.1 Å². The van der Waals surface area contributed by atoms with Crippen molar-refractivity contribution in [2.24, 2.45) is 5.92 Å². The van der Waals surface area contributed by atoms with Crippen molar-refractivity contribution in [1.82, 2.24) is 5.32 Å². The minimum atomic E-state index is -1.82. The van der Waals surface area contributed by atoms with E-state index in [0.717, 1.165) is 0 Å². The number of hydrogen-bond acceptors (Lipinski definition) is 3. The predicted octanol–water partition coefficient (Wildman–Crippen LogP) is 2.04. The molecule has 0 aliphatic rings. The molecule has 0 saturated carbocycles. The monoisotopic (exact) mass is 305 g/mol. The zero-order valence-corrected chi connectivity index (χ0v) is 11.3. The number of aliphatic carboxylic acids is 1. The molecule has 8 heteroatoms. The number of nitrogens with one attached hydrogen (secondary N) is 1. The van der Waals surface area contributed by atoms with E-state index in [-0.39, 0.29) is 6.07 Å². The number of benzene rings is 1. The molecule has 1 aromatic rings. The third kappa shape index (κ3) is 3.45. The number of phenols is 1. The number of aromatic hydroxyl groups is 1. The molecule has 3 N–H and O–H groups in total. The van der Waals surface area contributed by atoms with Crippen LogP contribution in [0.4, 0.5) is 13.2 Å². The molecule has 0 heterocycles. The van der Waals surface area contributed by atoms with Gasteiger partial charge in [0.2, 0.25) is 5.82 Å². The fourth-order valence-electron chi connectivity index (χ4n) is 1.66. The predicted molar refractivity (Wildman–Crippen MR) is 66.3 cm³/mol. The van der Waals surface area contributed by atoms with Crippen molar-refractivity contribution in [3.63, 3.8) is 0 Å². The maximum Gasteiger partial charge on any atom is 0.326 e. The van der Waals surface area contributed by atoms with E-state index in [2.05, 4.69) is 0 Å². The summed E-state index contributed by atoms with van der Waals surface area (Å²) in [4.78, 5) is 22.8. The van der Waals surface area contributed by atoms with E-state index in [1.54, 1.807) is 13.8 Å². The van der Waals surface area contributed by atoms with Gasteiger partial charge in [-0.05, 0) is 12.0 Å². The standard InChI is InChI=1S/C13H14F3NO4/c1-3-5(2)10(13(20)21)17-12(19)6-4-7(14)9(16)11(18)8(6)15/h4-5,10,18H,3H2,1-2H3,(H,17,19)(H,20,21)/t5-,10-/m0/s1. The van der Waals surface area contributed by atoms with Crippen molar-refractivity contribution >= 4 is 11.9 Å². The Balaban J connectivity index is 3.12. The van der Waals surface area contributed by atoms with Crippen molar-refractivity contribution in [1.29, 1.82) is 0 Å². The van der Waals surface area contributed by atoms with Gasteiger partial charge >= 0.3 is 5.97 Å². The van der Waals surface area contributed by atoms with Crippen LogP contribution in [0.1, 0.15) is 30.6 Å². The van der Waals surface area contributed by atoms with Crippen molar-refractivity contribution in [3.05, 3.63) is 29.1 Å². The topological polar surface area (TPSA) is 86.6 Å². The third-order valence-corrected chi connectivity index (χ3v) is 3.14. The molecule has 0 radical (unpaired) electrons. The number of carboxylic acid groups (broad SMARTS) is 1. The Morgan fingerprint density at radius 2 is 1.86 bits per heavy atom. The molecule has 2 atom stereocenters. The summed E-state index contributed by atoms with van der Waals surface area (Å²) < 4.78 is 39.6. The third-order valence-electron chi connectivity index (χ3n) is 3.14. The molecule has 0 saturated heterocycles. The van der Waals surface area contributed by atoms with Crippen LogP contribution in [0.5, 0.6) is 5.75 Å². The molecule has 0 fully saturated rings. The lowest BCUT2D eigenvalue weighted by Crippen LogP contribution is -2.45. The van der Waals surface area contributed by atoms with Gasteiger partial charge in [-0.2, -0.15) is 4.39 Å². The van der Waals surface area contributed by atoms with Crippen molar-refractivity contribution < 1.29 is 33.0 Å². The van der Waals surface area contributed by atoms with E-state index in [1.165, 1.54) is 0 Å². The second-order valence-corrected chi connectivity index (χ2v) is 4.56. The number of amides is 1. The second-order valence-electron chi connectivity index (χ2n) is 4.56. The lowest BCUT2D eigenvalue weighted by molar-refractivity contribution is -0.140. The molecule has 1 rings (SSSR count). The first-order chi connectivity index (χ1) is 9.70. The molecule has 0 aromatic heterocycles. The number of halogens is 3. The fraction of sp³-hybridized carbons (Fsp3) is 0.385. The first-order valence-electron chi connectivity index (χ1n) is 6.10. The molecule has 5 nitrogen and oxygen atoms in total. The first-order valence-corrected chi connectivity index (χ1v) is 6.10. The second kappa shape index (κ2) is 6.47. The molecule has 1 amide bonds. The smallest absolute Gasteiger partial charge is 0.326 e. The van der Waals surface area contributed by atoms with E-state index < -0.39 is 52.6 Å². The first kappa shape index (κ1) is 16.8. The lowest BCUT2D eigenvalue weighted by Gasteiger charge is -2.20. The Kier molecular flexibility index (Phi) is 5.17. The van der Waals surface area contributed by atoms with Gasteiger partial charge in [0.15, 0.2) is 17.4 Å². The van der Waals surface area contributed by atoms with Gasteiger partial charge in [0.25, 0.3) is 5.91 Å². The summed E-state index contributed by atoms with van der Waals surface area (Å²) in [6.07, 6.45) is 0.419. The molecule has 0 aliphatic heterocycles. The average Bonchev–Trinajstić information content (AvgIpc) is 2.44. The Hall–Kier alpha value is -2.25. The van der Waals surface area contributed by atoms with Crippen LogP contribution in [0.25, 0.3) is 0 Å². The molecule has 0 unspecified atom stereocenters. The van der Waals surface area contributed by atoms with Crippen LogP contribution in [-0.2, 0) is 4.79 Å². The summed E-state index contributed by atoms with van der Waals surface area (Å²) in [6.45, 7) is 3.24. The molecular formula is C13H14F3NO4. The van der Waals surface area contributed by atoms with Gasteiger partial charge in [-0.25, -0.2) is 13.6 Å². The molecule has 0 bridgehead atoms. The Morgan fingerprint density at radius 3 is 2.33 bits per heavy atom. The summed E-state index contributed by atoms with van der Waals surface area (Å²) in [5.41, 5.74) is -0.971. The lowest BCUT2D eigenvalue weighted by atomic mass is 9.99. The Morgan fingerprint density at radius 1 is 1.29 bits per heavy atom. The van der Waals surface area contributed by atoms with E-state index in [1.807, 2.05) is 5.32 Å². The largest absolute Gasteiger partial charge is 0.503 e. The van der Waals surface area contributed by atoms with Gasteiger partial charge in [0.1, 0.15) is 6.04 Å². The van der Waals surface area contributed by atoms with Gasteiger partial charge in [-0.3, -0.25) is 4.79 Å². The molecule has 1 aromatic carbocycles. The number of carbonyl (C=O) groups excluding carboxylic acids is 1. The number of phenolic OH excluding ortho intramolecular Hbond substituents is 1. The number of hydrogen-bond donors (Lipinski definition) is 3. The van der Waals surface area contributed by atoms with Crippen LogP contribution in [0, 0.1) is 23.4 Å². The van der Waals surface area contributed by atoms with E-state index >= 15 is 0 Å². The van der Waals surface area contributed by atoms with Crippen molar-refractivity contribution in [2.75, 3.05) is 0 Å². The Labute approximate surface area is 118 Å². The van der Waals surface area contributed by atoms with Crippen LogP contribution in [0.3, 0.4) is 0 Å². The summed E-state index contributed by atoms with van der Waals surface area (Å²) >= 11 is 0. The Bertz CT molecular complexity index is 577. The number of carbonyl (C=O) groups is 2. The minimum Gasteiger partial charge on any atom is -0.503 e. The number of carboxylic acids is 1. The number of rotatable bonds is 5. The van der Waals surface area contributed by atoms with Crippen molar-refractivity contribution in [3.8, 4) is 5.75 Å². The highest BCUT2D eigenvalue weighted by Crippen LogP contribution is 2.26. The van der Waals surface area contributed by atoms with Crippen LogP contribution >= 0.6 is 0 Å².